The van der Waals surface area contributed by atoms with Gasteiger partial charge in [-0.15, -0.1) is 0 Å². The standard InChI is InChI=1S/C22H28N2O4/c1-14(21(25)24(2)15-9-11-23-12-10-15)27-16-7-8-18-17-5-3-4-6-19(17)22(26)28-20(18)13-16/h7-8,13-15,23H,3-6,9-12H2,1-2H3. The van der Waals surface area contributed by atoms with Crippen molar-refractivity contribution in [1.29, 1.82) is 0 Å². The van der Waals surface area contributed by atoms with E-state index in [1.54, 1.807) is 13.0 Å². The summed E-state index contributed by atoms with van der Waals surface area (Å²) in [5.74, 6) is 0.518. The highest BCUT2D eigenvalue weighted by Crippen LogP contribution is 2.29. The van der Waals surface area contributed by atoms with E-state index in [9.17, 15) is 9.59 Å². The smallest absolute Gasteiger partial charge is 0.339 e. The van der Waals surface area contributed by atoms with Gasteiger partial charge in [0.15, 0.2) is 6.10 Å². The van der Waals surface area contributed by atoms with E-state index < -0.39 is 6.10 Å². The minimum absolute atomic E-state index is 0.0288. The maximum Gasteiger partial charge on any atom is 0.339 e. The second-order valence-corrected chi connectivity index (χ2v) is 7.90. The van der Waals surface area contributed by atoms with E-state index in [1.807, 2.05) is 24.1 Å². The molecule has 1 unspecified atom stereocenters. The monoisotopic (exact) mass is 384 g/mol. The number of rotatable bonds is 4. The first-order chi connectivity index (χ1) is 13.5. The van der Waals surface area contributed by atoms with Crippen LogP contribution in [-0.2, 0) is 17.6 Å². The molecule has 2 aliphatic rings. The predicted octanol–water partition coefficient (Wildman–Crippen LogP) is 2.65. The SMILES string of the molecule is CC(Oc1ccc2c3c(c(=O)oc2c1)CCCC3)C(=O)N(C)C1CCNCC1. The second kappa shape index (κ2) is 7.95. The number of carbonyl (C=O) groups is 1. The van der Waals surface area contributed by atoms with Crippen molar-refractivity contribution in [2.24, 2.45) is 0 Å². The van der Waals surface area contributed by atoms with Crippen LogP contribution >= 0.6 is 0 Å². The number of aryl methyl sites for hydroxylation is 1. The molecular formula is C22H28N2O4. The fourth-order valence-electron chi connectivity index (χ4n) is 4.41. The van der Waals surface area contributed by atoms with E-state index in [2.05, 4.69) is 5.32 Å². The summed E-state index contributed by atoms with van der Waals surface area (Å²) in [4.78, 5) is 26.9. The number of hydrogen-bond acceptors (Lipinski definition) is 5. The van der Waals surface area contributed by atoms with Gasteiger partial charge in [-0.1, -0.05) is 0 Å². The number of carbonyl (C=O) groups excluding carboxylic acids is 1. The first-order valence-electron chi connectivity index (χ1n) is 10.3. The largest absolute Gasteiger partial charge is 0.481 e. The average molecular weight is 384 g/mol. The van der Waals surface area contributed by atoms with Crippen molar-refractivity contribution in [2.45, 2.75) is 57.6 Å². The Morgan fingerprint density at radius 1 is 1.21 bits per heavy atom. The zero-order valence-corrected chi connectivity index (χ0v) is 16.6. The number of benzene rings is 1. The van der Waals surface area contributed by atoms with Crippen LogP contribution in [0.4, 0.5) is 0 Å². The Labute approximate surface area is 164 Å². The molecule has 6 heteroatoms. The van der Waals surface area contributed by atoms with Crippen LogP contribution in [0.5, 0.6) is 5.75 Å². The summed E-state index contributed by atoms with van der Waals surface area (Å²) in [6, 6.07) is 5.80. The Morgan fingerprint density at radius 3 is 2.68 bits per heavy atom. The second-order valence-electron chi connectivity index (χ2n) is 7.90. The normalized spacial score (nSPS) is 18.5. The number of ether oxygens (including phenoxy) is 1. The third-order valence-corrected chi connectivity index (χ3v) is 6.06. The van der Waals surface area contributed by atoms with Gasteiger partial charge in [0.2, 0.25) is 0 Å². The maximum atomic E-state index is 12.8. The zero-order valence-electron chi connectivity index (χ0n) is 16.6. The maximum absolute atomic E-state index is 12.8. The number of amides is 1. The lowest BCUT2D eigenvalue weighted by Crippen LogP contribution is -2.48. The molecule has 1 saturated heterocycles. The molecule has 1 fully saturated rings. The third-order valence-electron chi connectivity index (χ3n) is 6.06. The quantitative estimate of drug-likeness (QED) is 0.821. The van der Waals surface area contributed by atoms with Crippen molar-refractivity contribution >= 4 is 16.9 Å². The number of piperidine rings is 1. The molecule has 6 nitrogen and oxygen atoms in total. The summed E-state index contributed by atoms with van der Waals surface area (Å²) < 4.78 is 11.5. The molecule has 0 saturated carbocycles. The van der Waals surface area contributed by atoms with Crippen LogP contribution in [-0.4, -0.2) is 43.1 Å². The van der Waals surface area contributed by atoms with Crippen molar-refractivity contribution in [2.75, 3.05) is 20.1 Å². The van der Waals surface area contributed by atoms with Gasteiger partial charge in [-0.3, -0.25) is 4.79 Å². The molecule has 1 aliphatic carbocycles. The molecule has 0 bridgehead atoms. The van der Waals surface area contributed by atoms with Crippen LogP contribution in [0.2, 0.25) is 0 Å². The fourth-order valence-corrected chi connectivity index (χ4v) is 4.41. The van der Waals surface area contributed by atoms with Gasteiger partial charge in [0.25, 0.3) is 5.91 Å². The summed E-state index contributed by atoms with van der Waals surface area (Å²) in [6.07, 6.45) is 5.16. The molecule has 1 atom stereocenters. The summed E-state index contributed by atoms with van der Waals surface area (Å²) in [7, 11) is 1.85. The van der Waals surface area contributed by atoms with E-state index in [1.165, 1.54) is 0 Å². The summed E-state index contributed by atoms with van der Waals surface area (Å²) >= 11 is 0. The summed E-state index contributed by atoms with van der Waals surface area (Å²) in [5.41, 5.74) is 2.22. The van der Waals surface area contributed by atoms with E-state index in [0.717, 1.165) is 68.1 Å². The van der Waals surface area contributed by atoms with Gasteiger partial charge in [-0.05, 0) is 76.2 Å². The van der Waals surface area contributed by atoms with Gasteiger partial charge in [-0.25, -0.2) is 4.79 Å². The molecule has 0 spiro atoms. The molecular weight excluding hydrogens is 356 g/mol. The van der Waals surface area contributed by atoms with Gasteiger partial charge in [-0.2, -0.15) is 0 Å². The van der Waals surface area contributed by atoms with Crippen molar-refractivity contribution in [3.8, 4) is 5.75 Å². The number of likely N-dealkylation sites (N-methyl/N-ethyl adjacent to an activating group) is 1. The molecule has 28 heavy (non-hydrogen) atoms. The molecule has 2 heterocycles. The highest BCUT2D eigenvalue weighted by atomic mass is 16.5. The number of hydrogen-bond donors (Lipinski definition) is 1. The van der Waals surface area contributed by atoms with Crippen LogP contribution in [0.25, 0.3) is 11.0 Å². The van der Waals surface area contributed by atoms with Crippen molar-refractivity contribution in [3.63, 3.8) is 0 Å². The lowest BCUT2D eigenvalue weighted by Gasteiger charge is -2.33. The Kier molecular flexibility index (Phi) is 5.40. The van der Waals surface area contributed by atoms with Gasteiger partial charge < -0.3 is 19.4 Å². The van der Waals surface area contributed by atoms with E-state index in [-0.39, 0.29) is 17.6 Å². The third kappa shape index (κ3) is 3.65. The Hall–Kier alpha value is -2.34. The average Bonchev–Trinajstić information content (AvgIpc) is 2.73. The number of fused-ring (bicyclic) bond motifs is 3. The Bertz CT molecular complexity index is 930. The van der Waals surface area contributed by atoms with Crippen LogP contribution < -0.4 is 15.7 Å². The Morgan fingerprint density at radius 2 is 1.93 bits per heavy atom. The highest BCUT2D eigenvalue weighted by molar-refractivity contribution is 5.84. The van der Waals surface area contributed by atoms with Crippen molar-refractivity contribution in [3.05, 3.63) is 39.7 Å². The molecule has 1 aliphatic heterocycles. The number of nitrogens with one attached hydrogen (secondary N) is 1. The minimum atomic E-state index is -0.596. The first kappa shape index (κ1) is 19.0. The van der Waals surface area contributed by atoms with Crippen LogP contribution in [0.15, 0.2) is 27.4 Å². The van der Waals surface area contributed by atoms with Crippen molar-refractivity contribution < 1.29 is 13.9 Å². The fraction of sp³-hybridized carbons (Fsp3) is 0.545. The molecule has 150 valence electrons. The highest BCUT2D eigenvalue weighted by Gasteiger charge is 2.27. The van der Waals surface area contributed by atoms with E-state index >= 15 is 0 Å². The van der Waals surface area contributed by atoms with Crippen LogP contribution in [0.1, 0.15) is 43.7 Å². The number of nitrogens with zero attached hydrogens (tertiary/aromatic N) is 1. The van der Waals surface area contributed by atoms with Crippen LogP contribution in [0, 0.1) is 0 Å². The van der Waals surface area contributed by atoms with Gasteiger partial charge >= 0.3 is 5.63 Å². The topological polar surface area (TPSA) is 71.8 Å². The Balaban J connectivity index is 1.52. The molecule has 4 rings (SSSR count). The first-order valence-corrected chi connectivity index (χ1v) is 10.3. The van der Waals surface area contributed by atoms with Crippen molar-refractivity contribution in [1.82, 2.24) is 10.2 Å². The van der Waals surface area contributed by atoms with Gasteiger partial charge in [0.05, 0.1) is 0 Å². The molecule has 1 aromatic carbocycles. The van der Waals surface area contributed by atoms with Gasteiger partial charge in [0, 0.05) is 30.1 Å². The lowest BCUT2D eigenvalue weighted by atomic mass is 9.91. The minimum Gasteiger partial charge on any atom is -0.481 e. The molecule has 0 radical (unpaired) electrons. The van der Waals surface area contributed by atoms with Gasteiger partial charge in [0.1, 0.15) is 11.3 Å². The molecule has 1 N–H and O–H groups in total. The zero-order chi connectivity index (χ0) is 19.7. The predicted molar refractivity (Wildman–Crippen MR) is 108 cm³/mol. The lowest BCUT2D eigenvalue weighted by molar-refractivity contribution is -0.139. The summed E-state index contributed by atoms with van der Waals surface area (Å²) in [5, 5.41) is 4.29. The molecule has 2 aromatic rings. The molecule has 1 amide bonds. The van der Waals surface area contributed by atoms with E-state index in [0.29, 0.717) is 11.3 Å². The van der Waals surface area contributed by atoms with Crippen LogP contribution in [0.3, 0.4) is 0 Å². The molecule has 1 aromatic heterocycles. The summed E-state index contributed by atoms with van der Waals surface area (Å²) in [6.45, 7) is 3.64. The van der Waals surface area contributed by atoms with E-state index in [4.69, 9.17) is 9.15 Å².